The van der Waals surface area contributed by atoms with Gasteiger partial charge in [0.1, 0.15) is 0 Å². The number of sulfonamides is 1. The van der Waals surface area contributed by atoms with E-state index in [0.29, 0.717) is 5.56 Å². The molecule has 0 unspecified atom stereocenters. The average Bonchev–Trinajstić information content (AvgIpc) is 2.39. The fourth-order valence-corrected chi connectivity index (χ4v) is 3.74. The molecule has 5 heteroatoms. The Hall–Kier alpha value is -1.20. The maximum Gasteiger partial charge on any atom is 0.240 e. The maximum absolute atomic E-state index is 12.3. The Morgan fingerprint density at radius 1 is 1.21 bits per heavy atom. The van der Waals surface area contributed by atoms with Crippen molar-refractivity contribution in [3.8, 4) is 0 Å². The van der Waals surface area contributed by atoms with Gasteiger partial charge in [0.2, 0.25) is 10.0 Å². The maximum atomic E-state index is 12.3. The van der Waals surface area contributed by atoms with Gasteiger partial charge in [0.05, 0.1) is 4.90 Å². The van der Waals surface area contributed by atoms with Crippen LogP contribution in [0.4, 0.5) is 0 Å². The molecule has 1 saturated carbocycles. The molecular weight excluding hydrogens is 262 g/mol. The number of ketones is 1. The Kier molecular flexibility index (Phi) is 4.37. The van der Waals surface area contributed by atoms with E-state index in [-0.39, 0.29) is 16.7 Å². The molecule has 1 fully saturated rings. The number of nitrogens with one attached hydrogen (secondary N) is 1. The first-order valence-electron chi connectivity index (χ1n) is 6.62. The molecule has 104 valence electrons. The number of Topliss-reactive ketones (excluding diaryl/α,β-unsaturated/α-hetero) is 1. The summed E-state index contributed by atoms with van der Waals surface area (Å²) in [6, 6.07) is 6.22. The minimum atomic E-state index is -3.52. The second kappa shape index (κ2) is 5.84. The van der Waals surface area contributed by atoms with E-state index < -0.39 is 10.0 Å². The fraction of sp³-hybridized carbons (Fsp3) is 0.500. The third-order valence-electron chi connectivity index (χ3n) is 3.48. The predicted octanol–water partition coefficient (Wildman–Crippen LogP) is 2.50. The van der Waals surface area contributed by atoms with Gasteiger partial charge in [0, 0.05) is 11.6 Å². The molecule has 2 rings (SSSR count). The van der Waals surface area contributed by atoms with Gasteiger partial charge in [-0.15, -0.1) is 0 Å². The molecule has 19 heavy (non-hydrogen) atoms. The number of carbonyl (C=O) groups is 1. The first kappa shape index (κ1) is 14.2. The van der Waals surface area contributed by atoms with Gasteiger partial charge in [-0.2, -0.15) is 0 Å². The molecule has 1 N–H and O–H groups in total. The van der Waals surface area contributed by atoms with Crippen LogP contribution in [-0.2, 0) is 10.0 Å². The third kappa shape index (κ3) is 3.64. The molecule has 1 aromatic carbocycles. The Morgan fingerprint density at radius 2 is 1.89 bits per heavy atom. The number of carbonyl (C=O) groups excluding carboxylic acids is 1. The van der Waals surface area contributed by atoms with Crippen molar-refractivity contribution in [2.45, 2.75) is 50.0 Å². The summed E-state index contributed by atoms with van der Waals surface area (Å²) in [4.78, 5) is 11.5. The molecule has 1 aromatic rings. The lowest BCUT2D eigenvalue weighted by Crippen LogP contribution is -2.36. The highest BCUT2D eigenvalue weighted by atomic mass is 32.2. The molecule has 0 radical (unpaired) electrons. The van der Waals surface area contributed by atoms with E-state index in [1.807, 2.05) is 0 Å². The molecule has 0 aromatic heterocycles. The molecule has 1 aliphatic rings. The van der Waals surface area contributed by atoms with Gasteiger partial charge in [0.25, 0.3) is 0 Å². The van der Waals surface area contributed by atoms with Crippen molar-refractivity contribution in [3.05, 3.63) is 29.8 Å². The van der Waals surface area contributed by atoms with E-state index in [2.05, 4.69) is 4.72 Å². The Morgan fingerprint density at radius 3 is 2.53 bits per heavy atom. The number of benzene rings is 1. The van der Waals surface area contributed by atoms with Crippen LogP contribution in [0.1, 0.15) is 49.4 Å². The van der Waals surface area contributed by atoms with E-state index in [1.54, 1.807) is 12.1 Å². The molecule has 0 aliphatic heterocycles. The number of hydrogen-bond donors (Lipinski definition) is 1. The summed E-state index contributed by atoms with van der Waals surface area (Å²) in [5.41, 5.74) is 0.423. The Labute approximate surface area is 114 Å². The van der Waals surface area contributed by atoms with Crippen molar-refractivity contribution in [1.82, 2.24) is 4.72 Å². The lowest BCUT2D eigenvalue weighted by Gasteiger charge is -2.22. The minimum Gasteiger partial charge on any atom is -0.295 e. The molecule has 4 nitrogen and oxygen atoms in total. The molecule has 0 atom stereocenters. The quantitative estimate of drug-likeness (QED) is 0.862. The van der Waals surface area contributed by atoms with Crippen LogP contribution in [0.25, 0.3) is 0 Å². The lowest BCUT2D eigenvalue weighted by atomic mass is 9.96. The van der Waals surface area contributed by atoms with Crippen LogP contribution in [0.2, 0.25) is 0 Å². The van der Waals surface area contributed by atoms with E-state index in [9.17, 15) is 13.2 Å². The van der Waals surface area contributed by atoms with Gasteiger partial charge in [0.15, 0.2) is 5.78 Å². The van der Waals surface area contributed by atoms with Crippen molar-refractivity contribution in [3.63, 3.8) is 0 Å². The summed E-state index contributed by atoms with van der Waals surface area (Å²) < 4.78 is 27.2. The van der Waals surface area contributed by atoms with Crippen molar-refractivity contribution < 1.29 is 13.2 Å². The Balaban J connectivity index is 2.18. The second-order valence-corrected chi connectivity index (χ2v) is 6.75. The van der Waals surface area contributed by atoms with Gasteiger partial charge in [-0.3, -0.25) is 4.79 Å². The molecule has 0 spiro atoms. The summed E-state index contributed by atoms with van der Waals surface area (Å²) in [7, 11) is -3.52. The van der Waals surface area contributed by atoms with Crippen molar-refractivity contribution >= 4 is 15.8 Å². The van der Waals surface area contributed by atoms with Crippen LogP contribution >= 0.6 is 0 Å². The van der Waals surface area contributed by atoms with E-state index in [4.69, 9.17) is 0 Å². The monoisotopic (exact) mass is 281 g/mol. The van der Waals surface area contributed by atoms with Crippen LogP contribution in [0.5, 0.6) is 0 Å². The van der Waals surface area contributed by atoms with E-state index >= 15 is 0 Å². The highest BCUT2D eigenvalue weighted by molar-refractivity contribution is 7.89. The zero-order valence-electron chi connectivity index (χ0n) is 11.1. The number of hydrogen-bond acceptors (Lipinski definition) is 3. The van der Waals surface area contributed by atoms with Crippen molar-refractivity contribution in [2.75, 3.05) is 0 Å². The lowest BCUT2D eigenvalue weighted by molar-refractivity contribution is 0.101. The molecule has 0 amide bonds. The van der Waals surface area contributed by atoms with Crippen molar-refractivity contribution in [2.24, 2.45) is 0 Å². The van der Waals surface area contributed by atoms with Crippen LogP contribution in [0, 0.1) is 0 Å². The molecular formula is C14H19NO3S. The van der Waals surface area contributed by atoms with E-state index in [0.717, 1.165) is 25.7 Å². The topological polar surface area (TPSA) is 63.2 Å². The third-order valence-corrected chi connectivity index (χ3v) is 5.00. The standard InChI is InChI=1S/C14H19NO3S/c1-11(16)12-6-5-9-14(10-12)19(17,18)15-13-7-3-2-4-8-13/h5-6,9-10,13,15H,2-4,7-8H2,1H3. The van der Waals surface area contributed by atoms with Crippen LogP contribution in [0.3, 0.4) is 0 Å². The highest BCUT2D eigenvalue weighted by Crippen LogP contribution is 2.20. The van der Waals surface area contributed by atoms with Gasteiger partial charge < -0.3 is 0 Å². The summed E-state index contributed by atoms with van der Waals surface area (Å²) in [5, 5.41) is 0. The smallest absolute Gasteiger partial charge is 0.240 e. The Bertz CT molecular complexity index is 560. The summed E-state index contributed by atoms with van der Waals surface area (Å²) in [6.45, 7) is 1.43. The molecule has 0 saturated heterocycles. The average molecular weight is 281 g/mol. The largest absolute Gasteiger partial charge is 0.295 e. The molecule has 1 aliphatic carbocycles. The molecule has 0 bridgehead atoms. The minimum absolute atomic E-state index is 0.0275. The van der Waals surface area contributed by atoms with Gasteiger partial charge in [-0.25, -0.2) is 13.1 Å². The van der Waals surface area contributed by atoms with Crippen molar-refractivity contribution in [1.29, 1.82) is 0 Å². The van der Waals surface area contributed by atoms with Gasteiger partial charge in [-0.1, -0.05) is 31.4 Å². The summed E-state index contributed by atoms with van der Waals surface area (Å²) >= 11 is 0. The van der Waals surface area contributed by atoms with Crippen LogP contribution in [0.15, 0.2) is 29.2 Å². The second-order valence-electron chi connectivity index (χ2n) is 5.04. The first-order chi connectivity index (χ1) is 8.99. The van der Waals surface area contributed by atoms with Gasteiger partial charge in [-0.05, 0) is 31.9 Å². The van der Waals surface area contributed by atoms with Gasteiger partial charge >= 0.3 is 0 Å². The van der Waals surface area contributed by atoms with Crippen LogP contribution < -0.4 is 4.72 Å². The molecule has 0 heterocycles. The summed E-state index contributed by atoms with van der Waals surface area (Å²) in [5.74, 6) is -0.130. The number of rotatable bonds is 4. The fourth-order valence-electron chi connectivity index (χ4n) is 2.39. The van der Waals surface area contributed by atoms with E-state index in [1.165, 1.54) is 25.5 Å². The summed E-state index contributed by atoms with van der Waals surface area (Å²) in [6.07, 6.45) is 5.11. The zero-order valence-corrected chi connectivity index (χ0v) is 11.9. The van der Waals surface area contributed by atoms with Crippen LogP contribution in [-0.4, -0.2) is 20.2 Å². The SMILES string of the molecule is CC(=O)c1cccc(S(=O)(=O)NC2CCCCC2)c1. The first-order valence-corrected chi connectivity index (χ1v) is 8.11. The highest BCUT2D eigenvalue weighted by Gasteiger charge is 2.22. The predicted molar refractivity (Wildman–Crippen MR) is 73.6 cm³/mol. The normalized spacial score (nSPS) is 17.3. The zero-order chi connectivity index (χ0) is 13.9.